The van der Waals surface area contributed by atoms with Crippen molar-refractivity contribution in [3.63, 3.8) is 0 Å². The first-order chi connectivity index (χ1) is 13.6. The largest absolute Gasteiger partial charge is 0.491 e. The third-order valence-corrected chi connectivity index (χ3v) is 4.65. The lowest BCUT2D eigenvalue weighted by atomic mass is 10.1. The van der Waals surface area contributed by atoms with Crippen molar-refractivity contribution in [1.29, 1.82) is 0 Å². The Morgan fingerprint density at radius 2 is 1.64 bits per heavy atom. The van der Waals surface area contributed by atoms with Gasteiger partial charge >= 0.3 is 0 Å². The molecule has 3 rings (SSSR count). The number of hydrogen-bond donors (Lipinski definition) is 1. The summed E-state index contributed by atoms with van der Waals surface area (Å²) in [5, 5.41) is 5.10. The summed E-state index contributed by atoms with van der Waals surface area (Å²) in [4.78, 5) is 12.7. The van der Waals surface area contributed by atoms with Crippen LogP contribution in [0.25, 0.3) is 10.8 Å². The Bertz CT molecular complexity index is 933. The number of amides is 1. The molecule has 2 atom stereocenters. The lowest BCUT2D eigenvalue weighted by molar-refractivity contribution is -0.128. The highest BCUT2D eigenvalue weighted by atomic mass is 16.5. The Labute approximate surface area is 166 Å². The van der Waals surface area contributed by atoms with Gasteiger partial charge in [0, 0.05) is 5.39 Å². The first-order valence-corrected chi connectivity index (χ1v) is 9.71. The molecule has 0 saturated carbocycles. The molecule has 0 fully saturated rings. The molecule has 146 valence electrons. The molecule has 0 aliphatic carbocycles. The summed E-state index contributed by atoms with van der Waals surface area (Å²) in [5.41, 5.74) is 1.08. The zero-order valence-corrected chi connectivity index (χ0v) is 16.6. The van der Waals surface area contributed by atoms with E-state index >= 15 is 0 Å². The Morgan fingerprint density at radius 1 is 0.964 bits per heavy atom. The van der Waals surface area contributed by atoms with Gasteiger partial charge in [0.1, 0.15) is 18.1 Å². The molecule has 1 N–H and O–H groups in total. The number of fused-ring (bicyclic) bond motifs is 1. The molecule has 0 spiro atoms. The highest BCUT2D eigenvalue weighted by molar-refractivity contribution is 5.89. The van der Waals surface area contributed by atoms with Crippen LogP contribution in [0.5, 0.6) is 11.5 Å². The van der Waals surface area contributed by atoms with Gasteiger partial charge in [-0.15, -0.1) is 0 Å². The van der Waals surface area contributed by atoms with Crippen LogP contribution in [-0.2, 0) is 4.79 Å². The number of hydrogen-bond acceptors (Lipinski definition) is 3. The van der Waals surface area contributed by atoms with Gasteiger partial charge in [-0.2, -0.15) is 0 Å². The van der Waals surface area contributed by atoms with E-state index in [1.807, 2.05) is 87.5 Å². The minimum Gasteiger partial charge on any atom is -0.491 e. The molecule has 0 radical (unpaired) electrons. The Morgan fingerprint density at radius 3 is 2.43 bits per heavy atom. The van der Waals surface area contributed by atoms with Gasteiger partial charge in [-0.1, -0.05) is 61.5 Å². The summed E-state index contributed by atoms with van der Waals surface area (Å²) in [5.74, 6) is 1.43. The van der Waals surface area contributed by atoms with Crippen LogP contribution >= 0.6 is 0 Å². The fraction of sp³-hybridized carbons (Fsp3) is 0.292. The summed E-state index contributed by atoms with van der Waals surface area (Å²) < 4.78 is 11.9. The first-order valence-electron chi connectivity index (χ1n) is 9.71. The predicted octanol–water partition coefficient (Wildman–Crippen LogP) is 4.89. The van der Waals surface area contributed by atoms with Gasteiger partial charge in [-0.05, 0) is 43.4 Å². The number of carbonyl (C=O) groups excluding carboxylic acids is 1. The second-order valence-electron chi connectivity index (χ2n) is 6.98. The maximum Gasteiger partial charge on any atom is 0.261 e. The van der Waals surface area contributed by atoms with Gasteiger partial charge < -0.3 is 14.8 Å². The smallest absolute Gasteiger partial charge is 0.261 e. The number of ether oxygens (including phenoxy) is 2. The molecule has 0 bridgehead atoms. The highest BCUT2D eigenvalue weighted by Gasteiger charge is 2.21. The number of aryl methyl sites for hydroxylation is 1. The van der Waals surface area contributed by atoms with Crippen LogP contribution in [-0.4, -0.2) is 24.7 Å². The molecular formula is C24H27NO3. The second kappa shape index (κ2) is 9.27. The minimum atomic E-state index is -0.549. The number of nitrogens with one attached hydrogen (secondary N) is 1. The summed E-state index contributed by atoms with van der Waals surface area (Å²) in [6, 6.07) is 21.6. The average molecular weight is 377 g/mol. The Hall–Kier alpha value is -3.01. The van der Waals surface area contributed by atoms with Crippen LogP contribution in [0.4, 0.5) is 0 Å². The van der Waals surface area contributed by atoms with Crippen LogP contribution in [0.2, 0.25) is 0 Å². The first kappa shape index (κ1) is 19.7. The average Bonchev–Trinajstić information content (AvgIpc) is 2.71. The molecule has 1 amide bonds. The molecular weight excluding hydrogens is 350 g/mol. The van der Waals surface area contributed by atoms with Crippen LogP contribution in [0.15, 0.2) is 66.7 Å². The topological polar surface area (TPSA) is 47.6 Å². The van der Waals surface area contributed by atoms with E-state index < -0.39 is 6.10 Å². The van der Waals surface area contributed by atoms with Crippen LogP contribution in [0.3, 0.4) is 0 Å². The maximum atomic E-state index is 12.7. The molecule has 0 saturated heterocycles. The number of benzene rings is 3. The molecule has 3 aromatic rings. The summed E-state index contributed by atoms with van der Waals surface area (Å²) in [6.45, 7) is 6.29. The normalized spacial score (nSPS) is 13.0. The van der Waals surface area contributed by atoms with Crippen LogP contribution in [0, 0.1) is 6.92 Å². The molecule has 0 aliphatic rings. The fourth-order valence-electron chi connectivity index (χ4n) is 3.08. The van der Waals surface area contributed by atoms with Crippen molar-refractivity contribution in [3.05, 3.63) is 72.3 Å². The van der Waals surface area contributed by atoms with Crippen molar-refractivity contribution in [2.75, 3.05) is 6.61 Å². The monoisotopic (exact) mass is 377 g/mol. The van der Waals surface area contributed by atoms with E-state index in [4.69, 9.17) is 9.47 Å². The summed E-state index contributed by atoms with van der Waals surface area (Å²) in [6.07, 6.45) is 0.0344. The Kier molecular flexibility index (Phi) is 6.53. The van der Waals surface area contributed by atoms with Crippen LogP contribution in [0.1, 0.15) is 25.8 Å². The molecule has 4 nitrogen and oxygen atoms in total. The molecule has 0 aromatic heterocycles. The zero-order valence-electron chi connectivity index (χ0n) is 16.6. The Balaban J connectivity index is 1.60. The van der Waals surface area contributed by atoms with Gasteiger partial charge in [0.15, 0.2) is 6.10 Å². The standard InChI is InChI=1S/C24H27NO3/c1-4-21(28-23-15-9-12-19-11-6-7-13-20(19)23)24(26)25-18(3)16-27-22-14-8-5-10-17(22)2/h5-15,18,21H,4,16H2,1-3H3,(H,25,26)/t18-,21-/m1/s1. The molecule has 0 unspecified atom stereocenters. The SMILES string of the molecule is CC[C@@H](Oc1cccc2ccccc12)C(=O)N[C@H](C)COc1ccccc1C. The molecule has 28 heavy (non-hydrogen) atoms. The van der Waals surface area contributed by atoms with E-state index in [9.17, 15) is 4.79 Å². The molecule has 0 aliphatic heterocycles. The van der Waals surface area contributed by atoms with Crippen LogP contribution < -0.4 is 14.8 Å². The zero-order chi connectivity index (χ0) is 19.9. The maximum absolute atomic E-state index is 12.7. The van der Waals surface area contributed by atoms with Crippen molar-refractivity contribution in [2.24, 2.45) is 0 Å². The summed E-state index contributed by atoms with van der Waals surface area (Å²) in [7, 11) is 0. The third kappa shape index (κ3) is 4.83. The van der Waals surface area contributed by atoms with Gasteiger partial charge in [0.05, 0.1) is 6.04 Å². The number of rotatable bonds is 8. The van der Waals surface area contributed by atoms with Crippen molar-refractivity contribution < 1.29 is 14.3 Å². The van der Waals surface area contributed by atoms with E-state index in [1.54, 1.807) is 0 Å². The lowest BCUT2D eigenvalue weighted by Gasteiger charge is -2.21. The van der Waals surface area contributed by atoms with E-state index in [0.29, 0.717) is 13.0 Å². The third-order valence-electron chi connectivity index (χ3n) is 4.65. The number of carbonyl (C=O) groups is 1. The van der Waals surface area contributed by atoms with E-state index in [0.717, 1.165) is 27.8 Å². The van der Waals surface area contributed by atoms with Gasteiger partial charge in [-0.25, -0.2) is 0 Å². The molecule has 3 aromatic carbocycles. The van der Waals surface area contributed by atoms with E-state index in [-0.39, 0.29) is 11.9 Å². The van der Waals surface area contributed by atoms with Crippen molar-refractivity contribution in [3.8, 4) is 11.5 Å². The summed E-state index contributed by atoms with van der Waals surface area (Å²) >= 11 is 0. The van der Waals surface area contributed by atoms with E-state index in [1.165, 1.54) is 0 Å². The minimum absolute atomic E-state index is 0.128. The predicted molar refractivity (Wildman–Crippen MR) is 113 cm³/mol. The van der Waals surface area contributed by atoms with Gasteiger partial charge in [0.25, 0.3) is 5.91 Å². The van der Waals surface area contributed by atoms with Crippen molar-refractivity contribution >= 4 is 16.7 Å². The van der Waals surface area contributed by atoms with Crippen molar-refractivity contribution in [1.82, 2.24) is 5.32 Å². The van der Waals surface area contributed by atoms with Gasteiger partial charge in [-0.3, -0.25) is 4.79 Å². The van der Waals surface area contributed by atoms with E-state index in [2.05, 4.69) is 5.32 Å². The molecule has 4 heteroatoms. The number of para-hydroxylation sites is 1. The lowest BCUT2D eigenvalue weighted by Crippen LogP contribution is -2.44. The highest BCUT2D eigenvalue weighted by Crippen LogP contribution is 2.26. The van der Waals surface area contributed by atoms with Crippen molar-refractivity contribution in [2.45, 2.75) is 39.3 Å². The second-order valence-corrected chi connectivity index (χ2v) is 6.98. The van der Waals surface area contributed by atoms with Gasteiger partial charge in [0.2, 0.25) is 0 Å². The quantitative estimate of drug-likeness (QED) is 0.608. The fourth-order valence-corrected chi connectivity index (χ4v) is 3.08. The molecule has 0 heterocycles.